The van der Waals surface area contributed by atoms with E-state index in [2.05, 4.69) is 9.97 Å². The molecule has 2 aromatic rings. The van der Waals surface area contributed by atoms with Crippen molar-refractivity contribution in [1.82, 2.24) is 9.97 Å². The molecule has 0 saturated carbocycles. The Balaban J connectivity index is 2.06. The molecular formula is C14H16N2O3S. The van der Waals surface area contributed by atoms with E-state index in [1.807, 2.05) is 18.2 Å². The first kappa shape index (κ1) is 14.9. The number of nitrogens with zero attached hydrogens (tertiary/aromatic N) is 2. The van der Waals surface area contributed by atoms with Gasteiger partial charge in [-0.05, 0) is 18.6 Å². The van der Waals surface area contributed by atoms with Crippen molar-refractivity contribution in [3.05, 3.63) is 36.2 Å². The lowest BCUT2D eigenvalue weighted by atomic mass is 10.1. The van der Waals surface area contributed by atoms with Gasteiger partial charge in [-0.2, -0.15) is 0 Å². The number of aliphatic hydroxyl groups excluding tert-OH is 2. The molecule has 0 spiro atoms. The number of aromatic nitrogens is 2. The molecule has 20 heavy (non-hydrogen) atoms. The van der Waals surface area contributed by atoms with E-state index in [1.165, 1.54) is 13.1 Å². The van der Waals surface area contributed by atoms with Gasteiger partial charge in [-0.3, -0.25) is 9.78 Å². The molecule has 1 aromatic heterocycles. The van der Waals surface area contributed by atoms with Crippen LogP contribution >= 0.6 is 11.8 Å². The number of para-hydroxylation sites is 2. The van der Waals surface area contributed by atoms with Crippen LogP contribution in [0, 0.1) is 0 Å². The number of rotatable bonds is 5. The summed E-state index contributed by atoms with van der Waals surface area (Å²) in [5, 5.41) is 20.0. The highest BCUT2D eigenvalue weighted by Crippen LogP contribution is 2.20. The summed E-state index contributed by atoms with van der Waals surface area (Å²) in [5.74, 6) is 0.467. The van der Waals surface area contributed by atoms with Gasteiger partial charge in [-0.25, -0.2) is 4.98 Å². The molecule has 0 aliphatic heterocycles. The molecule has 2 rings (SSSR count). The van der Waals surface area contributed by atoms with Crippen molar-refractivity contribution in [2.75, 3.05) is 5.75 Å². The maximum absolute atomic E-state index is 10.8. The Hall–Kier alpha value is -1.50. The molecule has 106 valence electrons. The molecule has 1 heterocycles. The Bertz CT molecular complexity index is 606. The molecule has 2 N–H and O–H groups in total. The Labute approximate surface area is 121 Å². The van der Waals surface area contributed by atoms with Gasteiger partial charge in [0.2, 0.25) is 0 Å². The first-order chi connectivity index (χ1) is 9.58. The van der Waals surface area contributed by atoms with E-state index in [0.717, 1.165) is 17.3 Å². The van der Waals surface area contributed by atoms with Crippen LogP contribution in [-0.2, 0) is 4.79 Å². The van der Waals surface area contributed by atoms with E-state index in [9.17, 15) is 15.0 Å². The van der Waals surface area contributed by atoms with Crippen LogP contribution in [-0.4, -0.2) is 37.2 Å². The summed E-state index contributed by atoms with van der Waals surface area (Å²) in [7, 11) is 0. The van der Waals surface area contributed by atoms with E-state index in [0.29, 0.717) is 23.4 Å². The molecule has 0 aliphatic rings. The summed E-state index contributed by atoms with van der Waals surface area (Å²) in [4.78, 5) is 19.3. The van der Waals surface area contributed by atoms with Crippen molar-refractivity contribution in [3.63, 3.8) is 0 Å². The normalized spacial score (nSPS) is 14.2. The van der Waals surface area contributed by atoms with Gasteiger partial charge in [0.1, 0.15) is 6.10 Å². The van der Waals surface area contributed by atoms with Gasteiger partial charge >= 0.3 is 0 Å². The van der Waals surface area contributed by atoms with Crippen LogP contribution in [0.3, 0.4) is 0 Å². The summed E-state index contributed by atoms with van der Waals surface area (Å²) < 4.78 is 0. The van der Waals surface area contributed by atoms with E-state index in [4.69, 9.17) is 0 Å². The van der Waals surface area contributed by atoms with Gasteiger partial charge in [0.05, 0.1) is 29.0 Å². The molecule has 0 radical (unpaired) electrons. The predicted molar refractivity (Wildman–Crippen MR) is 78.3 cm³/mol. The second-order valence-corrected chi connectivity index (χ2v) is 5.70. The maximum Gasteiger partial charge on any atom is 0.185 e. The van der Waals surface area contributed by atoms with Gasteiger partial charge < -0.3 is 10.2 Å². The van der Waals surface area contributed by atoms with Crippen molar-refractivity contribution in [2.24, 2.45) is 0 Å². The van der Waals surface area contributed by atoms with Crippen molar-refractivity contribution < 1.29 is 15.0 Å². The second-order valence-electron chi connectivity index (χ2n) is 4.42. The number of carbonyl (C=O) groups is 1. The summed E-state index contributed by atoms with van der Waals surface area (Å²) in [6.45, 7) is 1.47. The van der Waals surface area contributed by atoms with Gasteiger partial charge in [-0.15, -0.1) is 0 Å². The molecule has 0 bridgehead atoms. The number of benzene rings is 1. The fourth-order valence-corrected chi connectivity index (χ4v) is 2.44. The number of hydrogen-bond acceptors (Lipinski definition) is 6. The summed E-state index contributed by atoms with van der Waals surface area (Å²) in [6.07, 6.45) is -0.272. The first-order valence-electron chi connectivity index (χ1n) is 6.29. The molecule has 0 fully saturated rings. The zero-order valence-corrected chi connectivity index (χ0v) is 11.9. The van der Waals surface area contributed by atoms with Crippen LogP contribution in [0.4, 0.5) is 0 Å². The number of aliphatic hydroxyl groups is 2. The standard InChI is InChI=1S/C14H16N2O3S/c1-9(17)20-7-6-13(18)14(19)12-8-15-10-4-2-3-5-11(10)16-12/h2-5,8,13-14,18-19H,6-7H2,1H3. The average molecular weight is 292 g/mol. The Morgan fingerprint density at radius 3 is 2.70 bits per heavy atom. The Morgan fingerprint density at radius 2 is 2.00 bits per heavy atom. The summed E-state index contributed by atoms with van der Waals surface area (Å²) in [6, 6.07) is 7.34. The van der Waals surface area contributed by atoms with Gasteiger partial charge in [0.25, 0.3) is 0 Å². The van der Waals surface area contributed by atoms with Gasteiger partial charge in [0, 0.05) is 12.7 Å². The lowest BCUT2D eigenvalue weighted by Crippen LogP contribution is -2.20. The molecule has 2 unspecified atom stereocenters. The number of carbonyl (C=O) groups excluding carboxylic acids is 1. The highest BCUT2D eigenvalue weighted by Gasteiger charge is 2.20. The average Bonchev–Trinajstić information content (AvgIpc) is 2.45. The molecule has 2 atom stereocenters. The van der Waals surface area contributed by atoms with Gasteiger partial charge in [-0.1, -0.05) is 23.9 Å². The SMILES string of the molecule is CC(=O)SCCC(O)C(O)c1cnc2ccccc2n1. The van der Waals surface area contributed by atoms with Crippen LogP contribution in [0.15, 0.2) is 30.5 Å². The molecule has 1 aromatic carbocycles. The Morgan fingerprint density at radius 1 is 1.30 bits per heavy atom. The zero-order valence-electron chi connectivity index (χ0n) is 11.1. The molecule has 0 aliphatic carbocycles. The predicted octanol–water partition coefficient (Wildman–Crippen LogP) is 1.69. The van der Waals surface area contributed by atoms with Crippen LogP contribution in [0.2, 0.25) is 0 Å². The lowest BCUT2D eigenvalue weighted by Gasteiger charge is -2.16. The van der Waals surface area contributed by atoms with E-state index in [1.54, 1.807) is 6.07 Å². The van der Waals surface area contributed by atoms with Crippen molar-refractivity contribution in [1.29, 1.82) is 0 Å². The summed E-state index contributed by atoms with van der Waals surface area (Å²) in [5.41, 5.74) is 1.75. The smallest absolute Gasteiger partial charge is 0.185 e. The highest BCUT2D eigenvalue weighted by molar-refractivity contribution is 8.13. The molecule has 6 heteroatoms. The molecule has 5 nitrogen and oxygen atoms in total. The zero-order chi connectivity index (χ0) is 14.5. The minimum absolute atomic E-state index is 0.00260. The number of hydrogen-bond donors (Lipinski definition) is 2. The first-order valence-corrected chi connectivity index (χ1v) is 7.27. The van der Waals surface area contributed by atoms with E-state index in [-0.39, 0.29) is 5.12 Å². The third kappa shape index (κ3) is 3.75. The number of fused-ring (bicyclic) bond motifs is 1. The largest absolute Gasteiger partial charge is 0.390 e. The van der Waals surface area contributed by atoms with Crippen LogP contribution in [0.1, 0.15) is 25.1 Å². The molecular weight excluding hydrogens is 276 g/mol. The highest BCUT2D eigenvalue weighted by atomic mass is 32.2. The third-order valence-electron chi connectivity index (χ3n) is 2.85. The minimum Gasteiger partial charge on any atom is -0.390 e. The van der Waals surface area contributed by atoms with Crippen molar-refractivity contribution in [3.8, 4) is 0 Å². The minimum atomic E-state index is -1.10. The topological polar surface area (TPSA) is 83.3 Å². The Kier molecular flexibility index (Phi) is 5.05. The number of thioether (sulfide) groups is 1. The summed E-state index contributed by atoms with van der Waals surface area (Å²) >= 11 is 1.13. The van der Waals surface area contributed by atoms with Crippen molar-refractivity contribution in [2.45, 2.75) is 25.6 Å². The van der Waals surface area contributed by atoms with E-state index >= 15 is 0 Å². The van der Waals surface area contributed by atoms with Crippen LogP contribution in [0.25, 0.3) is 11.0 Å². The monoisotopic (exact) mass is 292 g/mol. The van der Waals surface area contributed by atoms with Crippen LogP contribution < -0.4 is 0 Å². The maximum atomic E-state index is 10.8. The fourth-order valence-electron chi connectivity index (χ4n) is 1.79. The molecule has 0 amide bonds. The van der Waals surface area contributed by atoms with Gasteiger partial charge in [0.15, 0.2) is 5.12 Å². The molecule has 0 saturated heterocycles. The lowest BCUT2D eigenvalue weighted by molar-refractivity contribution is -0.109. The third-order valence-corrected chi connectivity index (χ3v) is 3.70. The fraction of sp³-hybridized carbons (Fsp3) is 0.357. The van der Waals surface area contributed by atoms with Crippen molar-refractivity contribution >= 4 is 27.9 Å². The second kappa shape index (κ2) is 6.78. The quantitative estimate of drug-likeness (QED) is 0.872. The van der Waals surface area contributed by atoms with Crippen LogP contribution in [0.5, 0.6) is 0 Å². The van der Waals surface area contributed by atoms with E-state index < -0.39 is 12.2 Å².